The van der Waals surface area contributed by atoms with E-state index >= 15 is 0 Å². The molecular weight excluding hydrogens is 254 g/mol. The van der Waals surface area contributed by atoms with Crippen molar-refractivity contribution >= 4 is 23.4 Å². The number of hydrogen-bond donors (Lipinski definition) is 2. The van der Waals surface area contributed by atoms with Crippen molar-refractivity contribution in [2.24, 2.45) is 0 Å². The van der Waals surface area contributed by atoms with Crippen LogP contribution in [0.1, 0.15) is 25.8 Å². The molecule has 1 aromatic carbocycles. The molecule has 1 atom stereocenters. The summed E-state index contributed by atoms with van der Waals surface area (Å²) >= 11 is 8.00. The molecule has 17 heavy (non-hydrogen) atoms. The largest absolute Gasteiger partial charge is 0.396 e. The zero-order valence-corrected chi connectivity index (χ0v) is 11.9. The van der Waals surface area contributed by atoms with E-state index < -0.39 is 0 Å². The molecule has 0 amide bonds. The Morgan fingerprint density at radius 3 is 2.88 bits per heavy atom. The second-order valence-electron chi connectivity index (χ2n) is 3.94. The summed E-state index contributed by atoms with van der Waals surface area (Å²) < 4.78 is 0. The minimum absolute atomic E-state index is 0.233. The van der Waals surface area contributed by atoms with Crippen LogP contribution in [0.5, 0.6) is 0 Å². The van der Waals surface area contributed by atoms with Crippen molar-refractivity contribution in [1.29, 1.82) is 0 Å². The predicted molar refractivity (Wildman–Crippen MR) is 75.9 cm³/mol. The summed E-state index contributed by atoms with van der Waals surface area (Å²) in [5.74, 6) is 0. The van der Waals surface area contributed by atoms with Gasteiger partial charge in [0.2, 0.25) is 0 Å². The first kappa shape index (κ1) is 14.8. The van der Waals surface area contributed by atoms with E-state index in [9.17, 15) is 0 Å². The highest BCUT2D eigenvalue weighted by Crippen LogP contribution is 2.32. The van der Waals surface area contributed by atoms with Crippen LogP contribution in [-0.2, 0) is 6.54 Å². The highest BCUT2D eigenvalue weighted by Gasteiger charge is 2.10. The zero-order chi connectivity index (χ0) is 12.7. The lowest BCUT2D eigenvalue weighted by Gasteiger charge is -2.15. The molecule has 4 heteroatoms. The zero-order valence-electron chi connectivity index (χ0n) is 10.4. The molecule has 96 valence electrons. The number of nitrogens with one attached hydrogen (secondary N) is 1. The van der Waals surface area contributed by atoms with Crippen LogP contribution in [0.2, 0.25) is 5.02 Å². The SMILES string of the molecule is CCNCc1c(Cl)cccc1SC(C)CCO. The molecule has 2 nitrogen and oxygen atoms in total. The second-order valence-corrected chi connectivity index (χ2v) is 5.83. The van der Waals surface area contributed by atoms with Crippen molar-refractivity contribution in [2.45, 2.75) is 37.0 Å². The molecule has 0 aromatic heterocycles. The average molecular weight is 274 g/mol. The molecule has 0 saturated heterocycles. The Morgan fingerprint density at radius 1 is 1.47 bits per heavy atom. The molecule has 1 unspecified atom stereocenters. The Labute approximate surface area is 113 Å². The number of halogens is 1. The van der Waals surface area contributed by atoms with E-state index in [-0.39, 0.29) is 6.61 Å². The van der Waals surface area contributed by atoms with Crippen LogP contribution in [0.25, 0.3) is 0 Å². The average Bonchev–Trinajstić information content (AvgIpc) is 2.28. The van der Waals surface area contributed by atoms with Crippen LogP contribution in [-0.4, -0.2) is 23.5 Å². The molecule has 0 bridgehead atoms. The topological polar surface area (TPSA) is 32.3 Å². The molecule has 1 rings (SSSR count). The summed E-state index contributed by atoms with van der Waals surface area (Å²) in [6.45, 7) is 6.17. The van der Waals surface area contributed by atoms with Crippen LogP contribution >= 0.6 is 23.4 Å². The highest BCUT2D eigenvalue weighted by atomic mass is 35.5. The van der Waals surface area contributed by atoms with E-state index in [1.54, 1.807) is 11.8 Å². The number of aliphatic hydroxyl groups is 1. The van der Waals surface area contributed by atoms with E-state index in [1.807, 2.05) is 12.1 Å². The number of benzene rings is 1. The van der Waals surface area contributed by atoms with E-state index in [0.717, 1.165) is 30.1 Å². The molecule has 0 aliphatic heterocycles. The van der Waals surface area contributed by atoms with Gasteiger partial charge in [0.1, 0.15) is 0 Å². The standard InChI is InChI=1S/C13H20ClNOS/c1-3-15-9-11-12(14)5-4-6-13(11)17-10(2)7-8-16/h4-6,10,15-16H,3,7-9H2,1-2H3. The van der Waals surface area contributed by atoms with Crippen molar-refractivity contribution in [1.82, 2.24) is 5.32 Å². The summed E-state index contributed by atoms with van der Waals surface area (Å²) in [4.78, 5) is 1.21. The van der Waals surface area contributed by atoms with Crippen LogP contribution in [0.4, 0.5) is 0 Å². The maximum absolute atomic E-state index is 8.93. The molecule has 0 aliphatic carbocycles. The van der Waals surface area contributed by atoms with Gasteiger partial charge in [-0.3, -0.25) is 0 Å². The van der Waals surface area contributed by atoms with E-state index in [1.165, 1.54) is 4.90 Å². The Hall–Kier alpha value is -0.220. The van der Waals surface area contributed by atoms with E-state index in [2.05, 4.69) is 25.2 Å². The second kappa shape index (κ2) is 7.98. The van der Waals surface area contributed by atoms with Crippen LogP contribution < -0.4 is 5.32 Å². The Morgan fingerprint density at radius 2 is 2.24 bits per heavy atom. The van der Waals surface area contributed by atoms with Crippen LogP contribution in [0, 0.1) is 0 Å². The molecular formula is C13H20ClNOS. The lowest BCUT2D eigenvalue weighted by molar-refractivity contribution is 0.289. The van der Waals surface area contributed by atoms with E-state index in [4.69, 9.17) is 16.7 Å². The minimum Gasteiger partial charge on any atom is -0.396 e. The van der Waals surface area contributed by atoms with Gasteiger partial charge in [0, 0.05) is 28.3 Å². The maximum atomic E-state index is 8.93. The van der Waals surface area contributed by atoms with E-state index in [0.29, 0.717) is 5.25 Å². The third kappa shape index (κ3) is 4.88. The fourth-order valence-electron chi connectivity index (χ4n) is 1.53. The molecule has 1 aromatic rings. The first-order chi connectivity index (χ1) is 8.19. The Balaban J connectivity index is 2.78. The van der Waals surface area contributed by atoms with Crippen molar-refractivity contribution < 1.29 is 5.11 Å². The molecule has 0 aliphatic rings. The van der Waals surface area contributed by atoms with Gasteiger partial charge >= 0.3 is 0 Å². The lowest BCUT2D eigenvalue weighted by atomic mass is 10.2. The predicted octanol–water partition coefficient (Wildman–Crippen LogP) is 3.31. The van der Waals surface area contributed by atoms with Gasteiger partial charge in [-0.15, -0.1) is 11.8 Å². The van der Waals surface area contributed by atoms with Gasteiger partial charge in [0.25, 0.3) is 0 Å². The maximum Gasteiger partial charge on any atom is 0.0462 e. The summed E-state index contributed by atoms with van der Waals surface area (Å²) in [6, 6.07) is 6.00. The quantitative estimate of drug-likeness (QED) is 0.748. The van der Waals surface area contributed by atoms with Crippen molar-refractivity contribution in [3.8, 4) is 0 Å². The number of rotatable bonds is 7. The molecule has 0 radical (unpaired) electrons. The molecule has 0 saturated carbocycles. The first-order valence-electron chi connectivity index (χ1n) is 5.94. The first-order valence-corrected chi connectivity index (χ1v) is 7.20. The van der Waals surface area contributed by atoms with Gasteiger partial charge in [-0.25, -0.2) is 0 Å². The van der Waals surface area contributed by atoms with Gasteiger partial charge in [-0.05, 0) is 30.7 Å². The molecule has 0 fully saturated rings. The Kier molecular flexibility index (Phi) is 6.97. The van der Waals surface area contributed by atoms with Gasteiger partial charge in [0.15, 0.2) is 0 Å². The third-order valence-electron chi connectivity index (χ3n) is 2.49. The van der Waals surface area contributed by atoms with Crippen molar-refractivity contribution in [3.63, 3.8) is 0 Å². The smallest absolute Gasteiger partial charge is 0.0462 e. The highest BCUT2D eigenvalue weighted by molar-refractivity contribution is 8.00. The molecule has 2 N–H and O–H groups in total. The summed E-state index contributed by atoms with van der Waals surface area (Å²) in [5.41, 5.74) is 1.16. The number of thioether (sulfide) groups is 1. The molecule has 0 heterocycles. The summed E-state index contributed by atoms with van der Waals surface area (Å²) in [5, 5.41) is 13.4. The van der Waals surface area contributed by atoms with Gasteiger partial charge in [-0.1, -0.05) is 31.5 Å². The van der Waals surface area contributed by atoms with Crippen molar-refractivity contribution in [3.05, 3.63) is 28.8 Å². The van der Waals surface area contributed by atoms with Crippen LogP contribution in [0.3, 0.4) is 0 Å². The van der Waals surface area contributed by atoms with Gasteiger partial charge in [-0.2, -0.15) is 0 Å². The monoisotopic (exact) mass is 273 g/mol. The summed E-state index contributed by atoms with van der Waals surface area (Å²) in [6.07, 6.45) is 0.803. The lowest BCUT2D eigenvalue weighted by Crippen LogP contribution is -2.13. The van der Waals surface area contributed by atoms with Gasteiger partial charge < -0.3 is 10.4 Å². The third-order valence-corrected chi connectivity index (χ3v) is 4.12. The Bertz CT molecular complexity index is 346. The van der Waals surface area contributed by atoms with Crippen LogP contribution in [0.15, 0.2) is 23.1 Å². The molecule has 0 spiro atoms. The van der Waals surface area contributed by atoms with Gasteiger partial charge in [0.05, 0.1) is 0 Å². The summed E-state index contributed by atoms with van der Waals surface area (Å²) in [7, 11) is 0. The normalized spacial score (nSPS) is 12.7. The number of hydrogen-bond acceptors (Lipinski definition) is 3. The fourth-order valence-corrected chi connectivity index (χ4v) is 2.96. The number of aliphatic hydroxyl groups excluding tert-OH is 1. The van der Waals surface area contributed by atoms with Crippen molar-refractivity contribution in [2.75, 3.05) is 13.2 Å². The fraction of sp³-hybridized carbons (Fsp3) is 0.538. The minimum atomic E-state index is 0.233.